The zero-order chi connectivity index (χ0) is 21.4. The summed E-state index contributed by atoms with van der Waals surface area (Å²) in [6, 6.07) is 9.73. The minimum absolute atomic E-state index is 0.0111. The molecule has 9 nitrogen and oxygen atoms in total. The Bertz CT molecular complexity index is 1250. The average Bonchev–Trinajstić information content (AvgIpc) is 3.55. The molecule has 0 radical (unpaired) electrons. The zero-order valence-corrected chi connectivity index (χ0v) is 16.3. The number of para-hydroxylation sites is 1. The van der Waals surface area contributed by atoms with Crippen LogP contribution < -0.4 is 5.32 Å². The van der Waals surface area contributed by atoms with Crippen LogP contribution in [0.5, 0.6) is 0 Å². The van der Waals surface area contributed by atoms with Crippen molar-refractivity contribution in [2.75, 3.05) is 18.4 Å². The van der Waals surface area contributed by atoms with Gasteiger partial charge in [0, 0.05) is 31.0 Å². The van der Waals surface area contributed by atoms with Crippen molar-refractivity contribution in [3.8, 4) is 5.82 Å². The van der Waals surface area contributed by atoms with Crippen LogP contribution in [-0.2, 0) is 4.79 Å². The number of halogens is 1. The number of aromatic nitrogens is 5. The number of aromatic amines is 1. The first-order valence-corrected chi connectivity index (χ1v) is 9.79. The van der Waals surface area contributed by atoms with Crippen LogP contribution >= 0.6 is 0 Å². The Kier molecular flexibility index (Phi) is 4.66. The molecule has 1 aliphatic heterocycles. The first-order valence-electron chi connectivity index (χ1n) is 9.79. The highest BCUT2D eigenvalue weighted by molar-refractivity contribution is 6.45. The minimum atomic E-state index is -0.763. The molecular weight excluding hydrogens is 401 g/mol. The lowest BCUT2D eigenvalue weighted by Crippen LogP contribution is -2.36. The molecule has 1 atom stereocenters. The van der Waals surface area contributed by atoms with Gasteiger partial charge in [0.15, 0.2) is 11.6 Å². The summed E-state index contributed by atoms with van der Waals surface area (Å²) in [5.74, 6) is -1.83. The number of fused-ring (bicyclic) bond motifs is 1. The van der Waals surface area contributed by atoms with Gasteiger partial charge in [-0.3, -0.25) is 9.59 Å². The predicted molar refractivity (Wildman–Crippen MR) is 110 cm³/mol. The summed E-state index contributed by atoms with van der Waals surface area (Å²) in [6.07, 6.45) is 6.08. The number of carbonyl (C=O) groups excluding carboxylic acids is 2. The molecule has 5 rings (SSSR count). The van der Waals surface area contributed by atoms with Crippen molar-refractivity contribution in [1.82, 2.24) is 29.9 Å². The molecule has 4 heterocycles. The van der Waals surface area contributed by atoms with Crippen LogP contribution in [0.4, 0.5) is 10.1 Å². The molecule has 3 aromatic heterocycles. The van der Waals surface area contributed by atoms with E-state index in [1.807, 2.05) is 30.3 Å². The van der Waals surface area contributed by atoms with Crippen molar-refractivity contribution < 1.29 is 14.0 Å². The van der Waals surface area contributed by atoms with Crippen LogP contribution in [0.3, 0.4) is 0 Å². The molecule has 1 saturated heterocycles. The Morgan fingerprint density at radius 2 is 2.06 bits per heavy atom. The van der Waals surface area contributed by atoms with Crippen molar-refractivity contribution in [2.24, 2.45) is 0 Å². The second kappa shape index (κ2) is 7.63. The van der Waals surface area contributed by atoms with Gasteiger partial charge in [0.25, 0.3) is 11.7 Å². The third kappa shape index (κ3) is 3.41. The monoisotopic (exact) mass is 419 g/mol. The van der Waals surface area contributed by atoms with Gasteiger partial charge < -0.3 is 15.2 Å². The van der Waals surface area contributed by atoms with E-state index in [0.29, 0.717) is 13.1 Å². The Morgan fingerprint density at radius 3 is 2.84 bits per heavy atom. The summed E-state index contributed by atoms with van der Waals surface area (Å²) < 4.78 is 15.9. The Hall–Kier alpha value is -4.08. The van der Waals surface area contributed by atoms with Crippen LogP contribution in [-0.4, -0.2) is 60.7 Å². The van der Waals surface area contributed by atoms with Crippen LogP contribution in [0.2, 0.25) is 0 Å². The van der Waals surface area contributed by atoms with E-state index >= 15 is 0 Å². The average molecular weight is 419 g/mol. The fourth-order valence-corrected chi connectivity index (χ4v) is 3.86. The van der Waals surface area contributed by atoms with Crippen LogP contribution in [0.15, 0.2) is 55.1 Å². The highest BCUT2D eigenvalue weighted by atomic mass is 19.1. The van der Waals surface area contributed by atoms with Crippen molar-refractivity contribution in [2.45, 2.75) is 12.5 Å². The molecule has 0 aliphatic carbocycles. The fourth-order valence-electron chi connectivity index (χ4n) is 3.86. The number of ketones is 1. The Morgan fingerprint density at radius 1 is 1.23 bits per heavy atom. The first-order chi connectivity index (χ1) is 15.1. The van der Waals surface area contributed by atoms with E-state index in [0.717, 1.165) is 18.3 Å². The van der Waals surface area contributed by atoms with Crippen molar-refractivity contribution in [3.63, 3.8) is 0 Å². The van der Waals surface area contributed by atoms with E-state index in [1.54, 1.807) is 6.20 Å². The van der Waals surface area contributed by atoms with E-state index < -0.39 is 17.5 Å². The van der Waals surface area contributed by atoms with Gasteiger partial charge in [-0.2, -0.15) is 0 Å². The molecule has 0 bridgehead atoms. The summed E-state index contributed by atoms with van der Waals surface area (Å²) in [5, 5.41) is 11.0. The van der Waals surface area contributed by atoms with Crippen molar-refractivity contribution in [3.05, 3.63) is 66.5 Å². The van der Waals surface area contributed by atoms with Gasteiger partial charge in [0.05, 0.1) is 35.1 Å². The van der Waals surface area contributed by atoms with Gasteiger partial charge in [0.1, 0.15) is 0 Å². The maximum Gasteiger partial charge on any atom is 0.295 e. The lowest BCUT2D eigenvalue weighted by atomic mass is 10.1. The highest BCUT2D eigenvalue weighted by Crippen LogP contribution is 2.26. The largest absolute Gasteiger partial charge is 0.380 e. The second-order valence-corrected chi connectivity index (χ2v) is 7.31. The maximum atomic E-state index is 14.6. The topological polar surface area (TPSA) is 109 Å². The van der Waals surface area contributed by atoms with Gasteiger partial charge in [-0.05, 0) is 18.6 Å². The summed E-state index contributed by atoms with van der Waals surface area (Å²) in [5.41, 5.74) is 1.20. The van der Waals surface area contributed by atoms with E-state index in [1.165, 1.54) is 22.0 Å². The Balaban J connectivity index is 1.38. The number of amides is 1. The molecule has 1 fully saturated rings. The Labute approximate surface area is 175 Å². The molecule has 0 spiro atoms. The van der Waals surface area contributed by atoms with E-state index in [9.17, 15) is 14.0 Å². The predicted octanol–water partition coefficient (Wildman–Crippen LogP) is 2.18. The molecule has 0 saturated carbocycles. The molecule has 156 valence electrons. The molecule has 4 aromatic rings. The van der Waals surface area contributed by atoms with E-state index in [4.69, 9.17) is 0 Å². The number of likely N-dealkylation sites (tertiary alicyclic amines) is 1. The molecule has 1 aromatic carbocycles. The summed E-state index contributed by atoms with van der Waals surface area (Å²) >= 11 is 0. The zero-order valence-electron chi connectivity index (χ0n) is 16.3. The van der Waals surface area contributed by atoms with E-state index in [2.05, 4.69) is 25.6 Å². The molecule has 1 unspecified atom stereocenters. The standard InChI is InChI=1S/C21H18FN7O2/c22-16-11-24-20(29-9-7-25-27-29)18-17(16)15(10-23-18)19(30)21(31)28-8-6-14(12-28)26-13-4-2-1-3-5-13/h1-5,7,9-11,14,23,26H,6,8,12H2. The minimum Gasteiger partial charge on any atom is -0.380 e. The number of hydrogen-bond donors (Lipinski definition) is 2. The number of rotatable bonds is 5. The van der Waals surface area contributed by atoms with Crippen LogP contribution in [0.25, 0.3) is 16.7 Å². The smallest absolute Gasteiger partial charge is 0.295 e. The van der Waals surface area contributed by atoms with Gasteiger partial charge >= 0.3 is 0 Å². The van der Waals surface area contributed by atoms with Crippen molar-refractivity contribution >= 4 is 28.3 Å². The van der Waals surface area contributed by atoms with E-state index in [-0.39, 0.29) is 28.3 Å². The molecule has 31 heavy (non-hydrogen) atoms. The number of pyridine rings is 1. The molecule has 1 aliphatic rings. The molecule has 1 amide bonds. The summed E-state index contributed by atoms with van der Waals surface area (Å²) in [7, 11) is 0. The number of benzene rings is 1. The number of nitrogens with one attached hydrogen (secondary N) is 2. The number of carbonyl (C=O) groups is 2. The quantitative estimate of drug-likeness (QED) is 0.379. The van der Waals surface area contributed by atoms with Crippen LogP contribution in [0.1, 0.15) is 16.8 Å². The normalized spacial score (nSPS) is 16.0. The van der Waals surface area contributed by atoms with Crippen LogP contribution in [0, 0.1) is 5.82 Å². The first kappa shape index (κ1) is 18.9. The highest BCUT2D eigenvalue weighted by Gasteiger charge is 2.32. The number of Topliss-reactive ketones (excluding diaryl/α,β-unsaturated/α-hetero) is 1. The third-order valence-electron chi connectivity index (χ3n) is 5.34. The molecule has 2 N–H and O–H groups in total. The third-order valence-corrected chi connectivity index (χ3v) is 5.34. The summed E-state index contributed by atoms with van der Waals surface area (Å²) in [4.78, 5) is 34.2. The van der Waals surface area contributed by atoms with Gasteiger partial charge in [-0.25, -0.2) is 14.1 Å². The van der Waals surface area contributed by atoms with Gasteiger partial charge in [-0.1, -0.05) is 23.4 Å². The maximum absolute atomic E-state index is 14.6. The van der Waals surface area contributed by atoms with Crippen molar-refractivity contribution in [1.29, 1.82) is 0 Å². The lowest BCUT2D eigenvalue weighted by molar-refractivity contribution is -0.125. The fraction of sp³-hybridized carbons (Fsp3) is 0.190. The molecule has 10 heteroatoms. The molecular formula is C21H18FN7O2. The van der Waals surface area contributed by atoms with Gasteiger partial charge in [0.2, 0.25) is 0 Å². The number of nitrogens with zero attached hydrogens (tertiary/aromatic N) is 5. The SMILES string of the molecule is O=C(C(=O)N1CCC(Nc2ccccc2)C1)c1c[nH]c2c(-n3ccnn3)ncc(F)c12. The number of anilines is 1. The lowest BCUT2D eigenvalue weighted by Gasteiger charge is -2.17. The second-order valence-electron chi connectivity index (χ2n) is 7.31. The number of hydrogen-bond acceptors (Lipinski definition) is 6. The summed E-state index contributed by atoms with van der Waals surface area (Å²) in [6.45, 7) is 0.849. The van der Waals surface area contributed by atoms with Gasteiger partial charge in [-0.15, -0.1) is 5.10 Å². The number of H-pyrrole nitrogens is 1.